The molecule has 21 heavy (non-hydrogen) atoms. The van der Waals surface area contributed by atoms with Crippen LogP contribution in [0, 0.1) is 0 Å². The van der Waals surface area contributed by atoms with Crippen LogP contribution in [0.25, 0.3) is 0 Å². The summed E-state index contributed by atoms with van der Waals surface area (Å²) in [6.07, 6.45) is 2.21. The van der Waals surface area contributed by atoms with Gasteiger partial charge in [-0.2, -0.15) is 0 Å². The molecule has 0 saturated carbocycles. The molecule has 116 valence electrons. The van der Waals surface area contributed by atoms with Crippen LogP contribution in [0.1, 0.15) is 20.3 Å². The second-order valence-corrected chi connectivity index (χ2v) is 4.89. The van der Waals surface area contributed by atoms with Crippen LogP contribution in [-0.2, 0) is 9.59 Å². The molecule has 7 heteroatoms. The van der Waals surface area contributed by atoms with Crippen LogP contribution in [0.5, 0.6) is 0 Å². The highest BCUT2D eigenvalue weighted by Gasteiger charge is 2.13. The number of hydrogen-bond donors (Lipinski definition) is 2. The van der Waals surface area contributed by atoms with Crippen LogP contribution in [0.2, 0.25) is 5.02 Å². The topological polar surface area (TPSA) is 74.3 Å². The number of aromatic nitrogens is 1. The fraction of sp³-hybridized carbons (Fsp3) is 0.500. The highest BCUT2D eigenvalue weighted by Crippen LogP contribution is 2.09. The summed E-state index contributed by atoms with van der Waals surface area (Å²) in [5.41, 5.74) is 0. The van der Waals surface area contributed by atoms with E-state index in [1.807, 2.05) is 0 Å². The number of nitrogens with zero attached hydrogens (tertiary/aromatic N) is 2. The number of carbonyl (C=O) groups excluding carboxylic acids is 2. The Labute approximate surface area is 129 Å². The molecule has 0 atom stereocenters. The summed E-state index contributed by atoms with van der Waals surface area (Å²) in [6.45, 7) is 7.51. The average molecular weight is 313 g/mol. The number of nitrogens with one attached hydrogen (secondary N) is 2. The van der Waals surface area contributed by atoms with Gasteiger partial charge >= 0.3 is 11.8 Å². The molecule has 1 aromatic rings. The lowest BCUT2D eigenvalue weighted by Crippen LogP contribution is -2.37. The summed E-state index contributed by atoms with van der Waals surface area (Å²) in [5, 5.41) is 5.46. The SMILES string of the molecule is CCN(CC)CCCNC(=O)C(=O)Nc1ccc(Cl)cn1. The van der Waals surface area contributed by atoms with Gasteiger partial charge in [-0.3, -0.25) is 9.59 Å². The first-order chi connectivity index (χ1) is 10.1. The Kier molecular flexibility index (Phi) is 7.71. The van der Waals surface area contributed by atoms with E-state index in [2.05, 4.69) is 34.4 Å². The van der Waals surface area contributed by atoms with Crippen molar-refractivity contribution in [3.05, 3.63) is 23.4 Å². The molecule has 1 aromatic heterocycles. The van der Waals surface area contributed by atoms with E-state index < -0.39 is 11.8 Å². The molecule has 6 nitrogen and oxygen atoms in total. The average Bonchev–Trinajstić information content (AvgIpc) is 2.49. The van der Waals surface area contributed by atoms with Crippen LogP contribution >= 0.6 is 11.6 Å². The van der Waals surface area contributed by atoms with Gasteiger partial charge < -0.3 is 15.5 Å². The lowest BCUT2D eigenvalue weighted by molar-refractivity contribution is -0.136. The maximum Gasteiger partial charge on any atom is 0.314 e. The van der Waals surface area contributed by atoms with Crippen molar-refractivity contribution in [1.82, 2.24) is 15.2 Å². The van der Waals surface area contributed by atoms with Crippen molar-refractivity contribution in [3.8, 4) is 0 Å². The van der Waals surface area contributed by atoms with Gasteiger partial charge in [0.25, 0.3) is 0 Å². The Balaban J connectivity index is 2.28. The standard InChI is InChI=1S/C14H21ClN4O2/c1-3-19(4-2)9-5-8-16-13(20)14(21)18-12-7-6-11(15)10-17-12/h6-7,10H,3-5,8-9H2,1-2H3,(H,16,20)(H,17,18,21). The number of rotatable bonds is 7. The van der Waals surface area contributed by atoms with Crippen molar-refractivity contribution in [3.63, 3.8) is 0 Å². The second kappa shape index (κ2) is 9.31. The van der Waals surface area contributed by atoms with E-state index in [0.717, 1.165) is 26.1 Å². The maximum atomic E-state index is 11.6. The minimum atomic E-state index is -0.729. The number of carbonyl (C=O) groups is 2. The van der Waals surface area contributed by atoms with E-state index in [1.54, 1.807) is 6.07 Å². The van der Waals surface area contributed by atoms with Crippen LogP contribution < -0.4 is 10.6 Å². The molecule has 2 N–H and O–H groups in total. The number of pyridine rings is 1. The fourth-order valence-electron chi connectivity index (χ4n) is 1.75. The van der Waals surface area contributed by atoms with Crippen LogP contribution in [0.15, 0.2) is 18.3 Å². The smallest absolute Gasteiger partial charge is 0.314 e. The molecule has 0 aromatic carbocycles. The van der Waals surface area contributed by atoms with E-state index in [1.165, 1.54) is 12.3 Å². The van der Waals surface area contributed by atoms with Crippen molar-refractivity contribution in [2.24, 2.45) is 0 Å². The molecule has 0 fully saturated rings. The summed E-state index contributed by atoms with van der Waals surface area (Å²) in [7, 11) is 0. The molecule has 0 bridgehead atoms. The first-order valence-corrected chi connectivity index (χ1v) is 7.37. The zero-order valence-electron chi connectivity index (χ0n) is 12.4. The predicted molar refractivity (Wildman–Crippen MR) is 83.3 cm³/mol. The molecule has 0 radical (unpaired) electrons. The molecular formula is C14H21ClN4O2. The van der Waals surface area contributed by atoms with Crippen molar-refractivity contribution >= 4 is 29.2 Å². The van der Waals surface area contributed by atoms with E-state index in [-0.39, 0.29) is 0 Å². The third kappa shape index (κ3) is 6.55. The Morgan fingerprint density at radius 1 is 1.24 bits per heavy atom. The van der Waals surface area contributed by atoms with Gasteiger partial charge in [-0.25, -0.2) is 4.98 Å². The molecule has 0 aliphatic carbocycles. The van der Waals surface area contributed by atoms with Crippen molar-refractivity contribution < 1.29 is 9.59 Å². The number of amides is 2. The molecule has 0 unspecified atom stereocenters. The molecule has 2 amide bonds. The van der Waals surface area contributed by atoms with E-state index in [9.17, 15) is 9.59 Å². The zero-order valence-corrected chi connectivity index (χ0v) is 13.1. The number of halogens is 1. The monoisotopic (exact) mass is 312 g/mol. The first kappa shape index (κ1) is 17.4. The lowest BCUT2D eigenvalue weighted by Gasteiger charge is -2.17. The summed E-state index contributed by atoms with van der Waals surface area (Å²) < 4.78 is 0. The van der Waals surface area contributed by atoms with Gasteiger partial charge in [-0.15, -0.1) is 0 Å². The minimum absolute atomic E-state index is 0.294. The Morgan fingerprint density at radius 3 is 2.52 bits per heavy atom. The van der Waals surface area contributed by atoms with E-state index >= 15 is 0 Å². The third-order valence-electron chi connectivity index (χ3n) is 3.01. The largest absolute Gasteiger partial charge is 0.348 e. The molecule has 1 heterocycles. The summed E-state index contributed by atoms with van der Waals surface area (Å²) in [5.74, 6) is -1.10. The Bertz CT molecular complexity index is 461. The van der Waals surface area contributed by atoms with Crippen LogP contribution in [0.3, 0.4) is 0 Å². The predicted octanol–water partition coefficient (Wildman–Crippen LogP) is 1.52. The van der Waals surface area contributed by atoms with Gasteiger partial charge in [0, 0.05) is 12.7 Å². The van der Waals surface area contributed by atoms with Crippen LogP contribution in [-0.4, -0.2) is 47.9 Å². The Hall–Kier alpha value is -1.66. The van der Waals surface area contributed by atoms with Crippen molar-refractivity contribution in [2.75, 3.05) is 31.5 Å². The number of hydrogen-bond acceptors (Lipinski definition) is 4. The lowest BCUT2D eigenvalue weighted by atomic mass is 10.3. The van der Waals surface area contributed by atoms with E-state index in [0.29, 0.717) is 17.4 Å². The van der Waals surface area contributed by atoms with Gasteiger partial charge in [-0.05, 0) is 38.2 Å². The summed E-state index contributed by atoms with van der Waals surface area (Å²) in [4.78, 5) is 29.4. The minimum Gasteiger partial charge on any atom is -0.348 e. The van der Waals surface area contributed by atoms with Crippen molar-refractivity contribution in [2.45, 2.75) is 20.3 Å². The molecular weight excluding hydrogens is 292 g/mol. The summed E-state index contributed by atoms with van der Waals surface area (Å²) >= 11 is 5.69. The van der Waals surface area contributed by atoms with Gasteiger partial charge in [0.2, 0.25) is 0 Å². The second-order valence-electron chi connectivity index (χ2n) is 4.45. The molecule has 0 aliphatic heterocycles. The maximum absolute atomic E-state index is 11.6. The quantitative estimate of drug-likeness (QED) is 0.591. The van der Waals surface area contributed by atoms with Gasteiger partial charge in [0.05, 0.1) is 5.02 Å². The Morgan fingerprint density at radius 2 is 1.95 bits per heavy atom. The molecule has 0 saturated heterocycles. The van der Waals surface area contributed by atoms with Gasteiger partial charge in [-0.1, -0.05) is 25.4 Å². The van der Waals surface area contributed by atoms with Crippen LogP contribution in [0.4, 0.5) is 5.82 Å². The van der Waals surface area contributed by atoms with Crippen molar-refractivity contribution in [1.29, 1.82) is 0 Å². The summed E-state index contributed by atoms with van der Waals surface area (Å²) in [6, 6.07) is 3.13. The van der Waals surface area contributed by atoms with Gasteiger partial charge in [0.1, 0.15) is 5.82 Å². The van der Waals surface area contributed by atoms with Gasteiger partial charge in [0.15, 0.2) is 0 Å². The molecule has 0 aliphatic rings. The molecule has 1 rings (SSSR count). The first-order valence-electron chi connectivity index (χ1n) is 6.99. The van der Waals surface area contributed by atoms with E-state index in [4.69, 9.17) is 11.6 Å². The molecule has 0 spiro atoms. The third-order valence-corrected chi connectivity index (χ3v) is 3.23. The fourth-order valence-corrected chi connectivity index (χ4v) is 1.86. The highest BCUT2D eigenvalue weighted by molar-refractivity contribution is 6.39. The normalized spacial score (nSPS) is 10.5. The zero-order chi connectivity index (χ0) is 15.7. The highest BCUT2D eigenvalue weighted by atomic mass is 35.5. The number of anilines is 1.